The Bertz CT molecular complexity index is 1150. The number of esters is 1. The number of unbranched alkanes of at least 4 members (excludes halogenated alkanes) is 2. The van der Waals surface area contributed by atoms with E-state index < -0.39 is 5.97 Å². The number of hydrogen-bond acceptors (Lipinski definition) is 8. The predicted molar refractivity (Wildman–Crippen MR) is 159 cm³/mol. The molecule has 5 N–H and O–H groups in total. The van der Waals surface area contributed by atoms with Crippen molar-refractivity contribution in [3.05, 3.63) is 84.1 Å². The molecule has 0 aliphatic carbocycles. The molecule has 0 radical (unpaired) electrons. The first-order valence-corrected chi connectivity index (χ1v) is 14.3. The van der Waals surface area contributed by atoms with Crippen molar-refractivity contribution in [2.75, 3.05) is 24.2 Å². The number of aromatic nitrogens is 1. The second-order valence-electron chi connectivity index (χ2n) is 8.07. The van der Waals surface area contributed by atoms with E-state index in [-0.39, 0.29) is 24.1 Å². The fraction of sp³-hybridized carbons (Fsp3) is 0.259. The summed E-state index contributed by atoms with van der Waals surface area (Å²) in [5, 5.41) is 14.7. The second-order valence-corrected chi connectivity index (χ2v) is 10.5. The topological polar surface area (TPSA) is 130 Å². The number of halogens is 1. The fourth-order valence-corrected chi connectivity index (χ4v) is 5.07. The van der Waals surface area contributed by atoms with Gasteiger partial charge in [-0.15, -0.1) is 12.4 Å². The lowest BCUT2D eigenvalue weighted by Gasteiger charge is -2.09. The molecule has 2 aromatic carbocycles. The monoisotopic (exact) mass is 573 g/mol. The predicted octanol–water partition coefficient (Wildman–Crippen LogP) is 5.54. The maximum absolute atomic E-state index is 12.3. The van der Waals surface area contributed by atoms with Gasteiger partial charge in [-0.3, -0.25) is 10.2 Å². The number of pyridine rings is 1. The van der Waals surface area contributed by atoms with Crippen molar-refractivity contribution in [2.45, 2.75) is 30.7 Å². The zero-order chi connectivity index (χ0) is 26.3. The summed E-state index contributed by atoms with van der Waals surface area (Å²) in [6.07, 6.45) is 5.18. The molecule has 0 fully saturated rings. The van der Waals surface area contributed by atoms with Gasteiger partial charge in [-0.2, -0.15) is 0 Å². The van der Waals surface area contributed by atoms with E-state index in [1.54, 1.807) is 64.2 Å². The van der Waals surface area contributed by atoms with Crippen LogP contribution in [-0.4, -0.2) is 41.5 Å². The largest absolute Gasteiger partial charge is 0.423 e. The van der Waals surface area contributed by atoms with Crippen LogP contribution >= 0.6 is 34.0 Å². The molecular weight excluding hydrogens is 542 g/mol. The van der Waals surface area contributed by atoms with Crippen LogP contribution < -0.4 is 21.1 Å². The minimum Gasteiger partial charge on any atom is -0.423 e. The van der Waals surface area contributed by atoms with E-state index in [1.165, 1.54) is 0 Å². The molecule has 1 amide bonds. The number of ether oxygens (including phenoxy) is 1. The zero-order valence-electron chi connectivity index (χ0n) is 20.9. The third kappa shape index (κ3) is 11.5. The first-order valence-electron chi connectivity index (χ1n) is 12.0. The molecule has 1 heterocycles. The van der Waals surface area contributed by atoms with Crippen molar-refractivity contribution >= 4 is 57.4 Å². The number of anilines is 1. The number of nitrogens with two attached hydrogens (primary N) is 1. The van der Waals surface area contributed by atoms with Crippen molar-refractivity contribution in [2.24, 2.45) is 5.73 Å². The Morgan fingerprint density at radius 1 is 0.921 bits per heavy atom. The maximum Gasteiger partial charge on any atom is 0.343 e. The third-order valence-electron chi connectivity index (χ3n) is 5.20. The van der Waals surface area contributed by atoms with E-state index in [0.717, 1.165) is 42.3 Å². The van der Waals surface area contributed by atoms with Gasteiger partial charge in [0.25, 0.3) is 0 Å². The van der Waals surface area contributed by atoms with Crippen molar-refractivity contribution < 1.29 is 14.3 Å². The van der Waals surface area contributed by atoms with E-state index >= 15 is 0 Å². The Morgan fingerprint density at radius 2 is 1.63 bits per heavy atom. The average molecular weight is 574 g/mol. The van der Waals surface area contributed by atoms with E-state index in [2.05, 4.69) is 15.6 Å². The molecule has 0 spiro atoms. The number of hydrogen-bond donors (Lipinski definition) is 4. The summed E-state index contributed by atoms with van der Waals surface area (Å²) in [7, 11) is 3.22. The van der Waals surface area contributed by atoms with Gasteiger partial charge in [0.2, 0.25) is 5.91 Å². The standard InChI is InChI=1S/C27H31N5O3S2.ClH/c28-26(29)20-9-13-23(14-10-20)35-27(34)21-7-11-22(12-8-21)30-16-3-1-4-17-31-24(33)15-19-36-37-25-6-2-5-18-32-25;/h2,5-14,18,30H,1,3-4,15-17,19H2,(H3,28,29)(H,31,33);1H. The lowest BCUT2D eigenvalue weighted by atomic mass is 10.2. The molecule has 0 saturated heterocycles. The Kier molecular flexibility index (Phi) is 14.1. The highest BCUT2D eigenvalue weighted by molar-refractivity contribution is 8.76. The molecule has 0 aliphatic heterocycles. The number of amidine groups is 1. The molecule has 8 nitrogen and oxygen atoms in total. The molecule has 3 aromatic rings. The molecule has 0 atom stereocenters. The Balaban J connectivity index is 0.00000507. The van der Waals surface area contributed by atoms with Gasteiger partial charge < -0.3 is 21.1 Å². The van der Waals surface area contributed by atoms with Crippen LogP contribution in [0.5, 0.6) is 5.75 Å². The summed E-state index contributed by atoms with van der Waals surface area (Å²) in [6.45, 7) is 1.49. The van der Waals surface area contributed by atoms with E-state index in [9.17, 15) is 9.59 Å². The van der Waals surface area contributed by atoms with Gasteiger partial charge in [0, 0.05) is 42.7 Å². The molecule has 0 unspecified atom stereocenters. The van der Waals surface area contributed by atoms with Gasteiger partial charge in [0.15, 0.2) is 0 Å². The van der Waals surface area contributed by atoms with Gasteiger partial charge in [-0.25, -0.2) is 9.78 Å². The van der Waals surface area contributed by atoms with Crippen LogP contribution in [0.2, 0.25) is 0 Å². The van der Waals surface area contributed by atoms with Crippen LogP contribution in [-0.2, 0) is 4.79 Å². The second kappa shape index (κ2) is 17.3. The van der Waals surface area contributed by atoms with Gasteiger partial charge in [-0.1, -0.05) is 16.9 Å². The molecule has 3 rings (SSSR count). The summed E-state index contributed by atoms with van der Waals surface area (Å²) in [5.74, 6) is 0.743. The lowest BCUT2D eigenvalue weighted by molar-refractivity contribution is -0.120. The van der Waals surface area contributed by atoms with Crippen LogP contribution in [0.3, 0.4) is 0 Å². The minimum atomic E-state index is -0.449. The number of nitrogens with zero attached hydrogens (tertiary/aromatic N) is 1. The minimum absolute atomic E-state index is 0. The Morgan fingerprint density at radius 3 is 2.32 bits per heavy atom. The average Bonchev–Trinajstić information content (AvgIpc) is 2.92. The molecule has 1 aromatic heterocycles. The number of nitrogen functional groups attached to an aromatic ring is 1. The van der Waals surface area contributed by atoms with Crippen LogP contribution in [0, 0.1) is 5.41 Å². The number of rotatable bonds is 15. The van der Waals surface area contributed by atoms with Crippen LogP contribution in [0.25, 0.3) is 0 Å². The van der Waals surface area contributed by atoms with Crippen LogP contribution in [0.15, 0.2) is 78.0 Å². The summed E-state index contributed by atoms with van der Waals surface area (Å²) >= 11 is 0. The number of carbonyl (C=O) groups is 2. The van der Waals surface area contributed by atoms with Gasteiger partial charge in [0.1, 0.15) is 16.6 Å². The van der Waals surface area contributed by atoms with E-state index in [1.807, 2.05) is 30.3 Å². The van der Waals surface area contributed by atoms with Crippen molar-refractivity contribution in [3.8, 4) is 5.75 Å². The van der Waals surface area contributed by atoms with Crippen molar-refractivity contribution in [1.82, 2.24) is 10.3 Å². The zero-order valence-corrected chi connectivity index (χ0v) is 23.3. The maximum atomic E-state index is 12.3. The quantitative estimate of drug-likeness (QED) is 0.0466. The van der Waals surface area contributed by atoms with Crippen molar-refractivity contribution in [1.29, 1.82) is 5.41 Å². The fourth-order valence-electron chi connectivity index (χ4n) is 3.20. The smallest absolute Gasteiger partial charge is 0.343 e. The first-order chi connectivity index (χ1) is 18.0. The molecular formula is C27H32ClN5O3S2. The number of nitrogens with one attached hydrogen (secondary N) is 3. The van der Waals surface area contributed by atoms with Gasteiger partial charge in [0.05, 0.1) is 5.56 Å². The Labute approximate surface area is 237 Å². The van der Waals surface area contributed by atoms with Crippen LogP contribution in [0.1, 0.15) is 41.6 Å². The number of benzene rings is 2. The van der Waals surface area contributed by atoms with E-state index in [4.69, 9.17) is 15.9 Å². The molecule has 38 heavy (non-hydrogen) atoms. The van der Waals surface area contributed by atoms with Crippen LogP contribution in [0.4, 0.5) is 5.69 Å². The van der Waals surface area contributed by atoms with E-state index in [0.29, 0.717) is 29.8 Å². The molecule has 0 aliphatic rings. The summed E-state index contributed by atoms with van der Waals surface area (Å²) in [4.78, 5) is 28.5. The molecule has 202 valence electrons. The summed E-state index contributed by atoms with van der Waals surface area (Å²) in [6, 6.07) is 19.4. The SMILES string of the molecule is Cl.N=C(N)c1ccc(OC(=O)c2ccc(NCCCCCNC(=O)CCSSc3ccccn3)cc2)cc1. The Hall–Kier alpha value is -3.21. The highest BCUT2D eigenvalue weighted by Gasteiger charge is 2.09. The number of amides is 1. The summed E-state index contributed by atoms with van der Waals surface area (Å²) in [5.41, 5.74) is 7.38. The highest BCUT2D eigenvalue weighted by Crippen LogP contribution is 2.29. The first kappa shape index (κ1) is 31.0. The molecule has 11 heteroatoms. The number of carbonyl (C=O) groups excluding carboxylic acids is 2. The van der Waals surface area contributed by atoms with Gasteiger partial charge in [-0.05, 0) is 90.7 Å². The molecule has 0 bridgehead atoms. The summed E-state index contributed by atoms with van der Waals surface area (Å²) < 4.78 is 5.37. The highest BCUT2D eigenvalue weighted by atomic mass is 35.5. The molecule has 0 saturated carbocycles. The van der Waals surface area contributed by atoms with Gasteiger partial charge >= 0.3 is 5.97 Å². The lowest BCUT2D eigenvalue weighted by Crippen LogP contribution is -2.24. The normalized spacial score (nSPS) is 10.2. The third-order valence-corrected chi connectivity index (χ3v) is 7.46. The van der Waals surface area contributed by atoms with Crippen molar-refractivity contribution in [3.63, 3.8) is 0 Å².